The van der Waals surface area contributed by atoms with Crippen LogP contribution in [0.25, 0.3) is 0 Å². The van der Waals surface area contributed by atoms with Crippen molar-refractivity contribution in [2.75, 3.05) is 6.54 Å². The second-order valence-electron chi connectivity index (χ2n) is 7.70. The second kappa shape index (κ2) is 6.97. The molecule has 1 aliphatic rings. The van der Waals surface area contributed by atoms with E-state index in [9.17, 15) is 9.59 Å². The van der Waals surface area contributed by atoms with E-state index in [1.54, 1.807) is 24.5 Å². The lowest BCUT2D eigenvalue weighted by atomic mass is 9.96. The monoisotopic (exact) mass is 366 g/mol. The SMILES string of the molecule is C[C@@H](O[Si](C)(C)C(C)(C)C)[C@@H]1CN(SC(=O)c2ccncc2)C1=O. The van der Waals surface area contributed by atoms with Crippen molar-refractivity contribution in [3.8, 4) is 0 Å². The summed E-state index contributed by atoms with van der Waals surface area (Å²) < 4.78 is 7.83. The van der Waals surface area contributed by atoms with Gasteiger partial charge < -0.3 is 4.43 Å². The third-order valence-corrected chi connectivity index (χ3v) is 10.4. The predicted molar refractivity (Wildman–Crippen MR) is 99.1 cm³/mol. The van der Waals surface area contributed by atoms with Gasteiger partial charge in [-0.15, -0.1) is 0 Å². The van der Waals surface area contributed by atoms with Gasteiger partial charge in [-0.05, 0) is 37.2 Å². The third-order valence-electron chi connectivity index (χ3n) is 4.89. The number of rotatable bonds is 5. The number of hydrogen-bond donors (Lipinski definition) is 0. The number of pyridine rings is 1. The van der Waals surface area contributed by atoms with E-state index in [0.29, 0.717) is 12.1 Å². The Morgan fingerprint density at radius 1 is 1.38 bits per heavy atom. The molecule has 2 rings (SSSR count). The van der Waals surface area contributed by atoms with Crippen molar-refractivity contribution in [1.82, 2.24) is 9.29 Å². The lowest BCUT2D eigenvalue weighted by Gasteiger charge is -2.44. The molecule has 0 bridgehead atoms. The van der Waals surface area contributed by atoms with Gasteiger partial charge in [-0.3, -0.25) is 18.9 Å². The number of hydrogen-bond acceptors (Lipinski definition) is 5. The highest BCUT2D eigenvalue weighted by Crippen LogP contribution is 2.39. The van der Waals surface area contributed by atoms with E-state index in [1.165, 1.54) is 4.31 Å². The Hall–Kier alpha value is -1.18. The second-order valence-corrected chi connectivity index (χ2v) is 13.5. The van der Waals surface area contributed by atoms with Gasteiger partial charge >= 0.3 is 0 Å². The molecular formula is C17H26N2O3SSi. The minimum atomic E-state index is -1.90. The molecule has 1 fully saturated rings. The molecule has 1 aromatic rings. The Kier molecular flexibility index (Phi) is 5.56. The highest BCUT2D eigenvalue weighted by Gasteiger charge is 2.46. The maximum Gasteiger partial charge on any atom is 0.240 e. The molecule has 2 atom stereocenters. The maximum atomic E-state index is 12.4. The van der Waals surface area contributed by atoms with Crippen molar-refractivity contribution < 1.29 is 14.0 Å². The largest absolute Gasteiger partial charge is 0.413 e. The molecule has 0 aromatic carbocycles. The number of aromatic nitrogens is 1. The Bertz CT molecular complexity index is 616. The molecular weight excluding hydrogens is 340 g/mol. The highest BCUT2D eigenvalue weighted by molar-refractivity contribution is 8.12. The first-order valence-electron chi connectivity index (χ1n) is 8.14. The molecule has 24 heavy (non-hydrogen) atoms. The van der Waals surface area contributed by atoms with Gasteiger partial charge in [0.1, 0.15) is 0 Å². The van der Waals surface area contributed by atoms with Crippen LogP contribution in [0.5, 0.6) is 0 Å². The van der Waals surface area contributed by atoms with Crippen LogP contribution in [0.3, 0.4) is 0 Å². The average Bonchev–Trinajstić information content (AvgIpc) is 2.49. The topological polar surface area (TPSA) is 59.5 Å². The van der Waals surface area contributed by atoms with E-state index in [-0.39, 0.29) is 28.1 Å². The fourth-order valence-corrected chi connectivity index (χ4v) is 4.56. The van der Waals surface area contributed by atoms with E-state index >= 15 is 0 Å². The Morgan fingerprint density at radius 3 is 2.46 bits per heavy atom. The van der Waals surface area contributed by atoms with E-state index < -0.39 is 8.32 Å². The van der Waals surface area contributed by atoms with E-state index in [1.807, 2.05) is 6.92 Å². The predicted octanol–water partition coefficient (Wildman–Crippen LogP) is 3.74. The van der Waals surface area contributed by atoms with Crippen molar-refractivity contribution in [2.45, 2.75) is 51.9 Å². The summed E-state index contributed by atoms with van der Waals surface area (Å²) in [6.45, 7) is 13.4. The first-order valence-corrected chi connectivity index (χ1v) is 11.8. The molecule has 0 unspecified atom stereocenters. The Labute approximate surface area is 149 Å². The molecule has 1 saturated heterocycles. The smallest absolute Gasteiger partial charge is 0.240 e. The zero-order valence-corrected chi connectivity index (χ0v) is 17.0. The molecule has 2 heterocycles. The summed E-state index contributed by atoms with van der Waals surface area (Å²) in [5.74, 6) is -0.175. The maximum absolute atomic E-state index is 12.4. The van der Waals surface area contributed by atoms with Crippen molar-refractivity contribution in [1.29, 1.82) is 0 Å². The number of carbonyl (C=O) groups is 2. The van der Waals surface area contributed by atoms with Gasteiger partial charge in [-0.25, -0.2) is 0 Å². The summed E-state index contributed by atoms with van der Waals surface area (Å²) in [4.78, 5) is 28.4. The average molecular weight is 367 g/mol. The van der Waals surface area contributed by atoms with Crippen LogP contribution in [-0.4, -0.2) is 41.3 Å². The van der Waals surface area contributed by atoms with Gasteiger partial charge in [0.25, 0.3) is 0 Å². The van der Waals surface area contributed by atoms with Gasteiger partial charge in [-0.1, -0.05) is 20.8 Å². The zero-order valence-electron chi connectivity index (χ0n) is 15.2. The van der Waals surface area contributed by atoms with Gasteiger partial charge in [0, 0.05) is 36.4 Å². The summed E-state index contributed by atoms with van der Waals surface area (Å²) in [5, 5.41) is -0.0260. The number of nitrogens with zero attached hydrogens (tertiary/aromatic N) is 2. The molecule has 0 saturated carbocycles. The van der Waals surface area contributed by atoms with Crippen LogP contribution in [0, 0.1) is 5.92 Å². The molecule has 132 valence electrons. The van der Waals surface area contributed by atoms with Gasteiger partial charge in [0.05, 0.1) is 12.0 Å². The van der Waals surface area contributed by atoms with Crippen molar-refractivity contribution >= 4 is 31.3 Å². The van der Waals surface area contributed by atoms with Crippen LogP contribution in [0.1, 0.15) is 38.1 Å². The van der Waals surface area contributed by atoms with Crippen LogP contribution in [0.4, 0.5) is 0 Å². The van der Waals surface area contributed by atoms with Crippen molar-refractivity contribution in [3.05, 3.63) is 30.1 Å². The fourth-order valence-electron chi connectivity index (χ4n) is 2.22. The molecule has 0 aliphatic carbocycles. The Balaban J connectivity index is 1.90. The summed E-state index contributed by atoms with van der Waals surface area (Å²) in [7, 11) is -1.90. The van der Waals surface area contributed by atoms with Gasteiger partial charge in [0.15, 0.2) is 8.32 Å². The Morgan fingerprint density at radius 2 is 1.96 bits per heavy atom. The zero-order chi connectivity index (χ0) is 18.1. The highest BCUT2D eigenvalue weighted by atomic mass is 32.2. The molecule has 1 aliphatic heterocycles. The third kappa shape index (κ3) is 4.07. The minimum Gasteiger partial charge on any atom is -0.413 e. The number of β-lactam (4-membered cyclic amide) rings is 1. The minimum absolute atomic E-state index is 0.0198. The van der Waals surface area contributed by atoms with Gasteiger partial charge in [0.2, 0.25) is 11.0 Å². The van der Waals surface area contributed by atoms with Crippen LogP contribution in [0.2, 0.25) is 18.1 Å². The summed E-state index contributed by atoms with van der Waals surface area (Å²) >= 11 is 0.965. The van der Waals surface area contributed by atoms with Crippen molar-refractivity contribution in [3.63, 3.8) is 0 Å². The van der Waals surface area contributed by atoms with E-state index in [4.69, 9.17) is 4.43 Å². The first-order chi connectivity index (χ1) is 11.0. The summed E-state index contributed by atoms with van der Waals surface area (Å²) in [6, 6.07) is 3.31. The molecule has 0 spiro atoms. The molecule has 0 N–H and O–H groups in total. The quantitative estimate of drug-likeness (QED) is 0.451. The molecule has 7 heteroatoms. The lowest BCUT2D eigenvalue weighted by Crippen LogP contribution is -2.56. The number of amides is 1. The standard InChI is InChI=1S/C17H26N2O3SSi/c1-12(22-24(5,6)17(2,3)4)14-11-19(15(14)20)23-16(21)13-7-9-18-10-8-13/h7-10,12,14H,11H2,1-6H3/t12-,14+/m1/s1. The van der Waals surface area contributed by atoms with E-state index in [0.717, 1.165) is 11.9 Å². The molecule has 1 amide bonds. The normalized spacial score (nSPS) is 19.8. The molecule has 5 nitrogen and oxygen atoms in total. The van der Waals surface area contributed by atoms with Crippen LogP contribution in [0.15, 0.2) is 24.5 Å². The summed E-state index contributed by atoms with van der Waals surface area (Å²) in [6.07, 6.45) is 3.03. The van der Waals surface area contributed by atoms with Gasteiger partial charge in [-0.2, -0.15) is 0 Å². The first kappa shape index (κ1) is 19.1. The van der Waals surface area contributed by atoms with Crippen molar-refractivity contribution in [2.24, 2.45) is 5.92 Å². The fraction of sp³-hybridized carbons (Fsp3) is 0.588. The summed E-state index contributed by atoms with van der Waals surface area (Å²) in [5.41, 5.74) is 0.553. The lowest BCUT2D eigenvalue weighted by molar-refractivity contribution is -0.144. The van der Waals surface area contributed by atoms with Crippen LogP contribution in [-0.2, 0) is 9.22 Å². The molecule has 1 aromatic heterocycles. The number of carbonyl (C=O) groups excluding carboxylic acids is 2. The molecule has 0 radical (unpaired) electrons. The van der Waals surface area contributed by atoms with Crippen LogP contribution >= 0.6 is 11.9 Å². The van der Waals surface area contributed by atoms with Crippen LogP contribution < -0.4 is 0 Å². The van der Waals surface area contributed by atoms with E-state index in [2.05, 4.69) is 38.8 Å².